The van der Waals surface area contributed by atoms with E-state index in [1.807, 2.05) is 24.3 Å². The zero-order valence-electron chi connectivity index (χ0n) is 13.1. The van der Waals surface area contributed by atoms with Crippen molar-refractivity contribution in [3.63, 3.8) is 0 Å². The molecule has 1 spiro atoms. The van der Waals surface area contributed by atoms with E-state index in [1.165, 1.54) is 30.8 Å². The highest BCUT2D eigenvalue weighted by Crippen LogP contribution is 2.64. The van der Waals surface area contributed by atoms with Crippen LogP contribution in [0.4, 0.5) is 5.69 Å². The Morgan fingerprint density at radius 2 is 1.87 bits per heavy atom. The lowest BCUT2D eigenvalue weighted by Crippen LogP contribution is -2.48. The van der Waals surface area contributed by atoms with Crippen molar-refractivity contribution in [2.45, 2.75) is 36.2 Å². The summed E-state index contributed by atoms with van der Waals surface area (Å²) in [5.41, 5.74) is 0.817. The molecule has 5 heteroatoms. The molecule has 2 saturated carbocycles. The number of benzene rings is 1. The van der Waals surface area contributed by atoms with E-state index >= 15 is 0 Å². The van der Waals surface area contributed by atoms with Gasteiger partial charge in [0.1, 0.15) is 0 Å². The third-order valence-corrected chi connectivity index (χ3v) is 9.84. The number of carbonyl (C=O) groups excluding carboxylic acids is 1. The molecule has 0 radical (unpaired) electrons. The van der Waals surface area contributed by atoms with Crippen LogP contribution in [0.5, 0.6) is 0 Å². The Morgan fingerprint density at radius 1 is 1.17 bits per heavy atom. The van der Waals surface area contributed by atoms with Crippen molar-refractivity contribution in [2.24, 2.45) is 17.8 Å². The minimum Gasteiger partial charge on any atom is -0.326 e. The minimum atomic E-state index is 0.164. The van der Waals surface area contributed by atoms with E-state index < -0.39 is 0 Å². The second kappa shape index (κ2) is 6.53. The predicted octanol–water partition coefficient (Wildman–Crippen LogP) is 5.28. The maximum absolute atomic E-state index is 12.7. The molecule has 1 aromatic rings. The van der Waals surface area contributed by atoms with Crippen LogP contribution in [0.15, 0.2) is 24.3 Å². The second-order valence-electron chi connectivity index (χ2n) is 6.91. The van der Waals surface area contributed by atoms with Gasteiger partial charge in [-0.25, -0.2) is 0 Å². The standard InChI is InChI=1S/C18H22ClNOS2/c19-15-5-2-6-16(11-15)20-17(21)12-9-13-3-1-4-14(10-12)18(13)22-7-8-23-18/h2,5-6,11-14H,1,3-4,7-10H2,(H,20,21)/t13-,14-/m1/s1. The molecule has 0 unspecified atom stereocenters. The van der Waals surface area contributed by atoms with Crippen LogP contribution in [0, 0.1) is 17.8 Å². The van der Waals surface area contributed by atoms with Gasteiger partial charge in [-0.3, -0.25) is 4.79 Å². The first kappa shape index (κ1) is 16.2. The third kappa shape index (κ3) is 3.03. The fraction of sp³-hybridized carbons (Fsp3) is 0.611. The number of hydrogen-bond acceptors (Lipinski definition) is 3. The summed E-state index contributed by atoms with van der Waals surface area (Å²) in [5, 5.41) is 3.75. The van der Waals surface area contributed by atoms with Crippen LogP contribution in [-0.4, -0.2) is 21.5 Å². The Labute approximate surface area is 151 Å². The highest BCUT2D eigenvalue weighted by molar-refractivity contribution is 8.21. The van der Waals surface area contributed by atoms with Gasteiger partial charge < -0.3 is 5.32 Å². The lowest BCUT2D eigenvalue weighted by molar-refractivity contribution is -0.122. The SMILES string of the molecule is O=C(Nc1cccc(Cl)c1)C1C[C@H]2CCC[C@H](C1)C21SCCS1. The van der Waals surface area contributed by atoms with Crippen LogP contribution in [0.1, 0.15) is 32.1 Å². The number of nitrogens with one attached hydrogen (secondary N) is 1. The van der Waals surface area contributed by atoms with E-state index in [9.17, 15) is 4.79 Å². The summed E-state index contributed by atoms with van der Waals surface area (Å²) < 4.78 is 0.436. The predicted molar refractivity (Wildman–Crippen MR) is 101 cm³/mol. The summed E-state index contributed by atoms with van der Waals surface area (Å²) in [6.45, 7) is 0. The van der Waals surface area contributed by atoms with Crippen molar-refractivity contribution in [1.82, 2.24) is 0 Å². The molecular formula is C18H22ClNOS2. The lowest BCUT2D eigenvalue weighted by atomic mass is 9.67. The summed E-state index contributed by atoms with van der Waals surface area (Å²) in [6.07, 6.45) is 6.07. The van der Waals surface area contributed by atoms with E-state index in [4.69, 9.17) is 11.6 Å². The molecule has 1 amide bonds. The molecule has 1 saturated heterocycles. The van der Waals surface area contributed by atoms with E-state index in [0.29, 0.717) is 20.9 Å². The zero-order chi connectivity index (χ0) is 15.9. The molecule has 2 aliphatic carbocycles. The van der Waals surface area contributed by atoms with Crippen molar-refractivity contribution in [2.75, 3.05) is 16.8 Å². The molecule has 0 aromatic heterocycles. The summed E-state index contributed by atoms with van der Waals surface area (Å²) >= 11 is 10.4. The molecule has 3 aliphatic rings. The fourth-order valence-corrected chi connectivity index (χ4v) is 8.76. The van der Waals surface area contributed by atoms with Crippen molar-refractivity contribution in [1.29, 1.82) is 0 Å². The first-order valence-electron chi connectivity index (χ1n) is 8.52. The van der Waals surface area contributed by atoms with Gasteiger partial charge in [0.25, 0.3) is 0 Å². The van der Waals surface area contributed by atoms with Crippen LogP contribution in [0.25, 0.3) is 0 Å². The molecule has 3 fully saturated rings. The Balaban J connectivity index is 1.48. The van der Waals surface area contributed by atoms with E-state index in [0.717, 1.165) is 18.5 Å². The number of halogens is 1. The number of hydrogen-bond donors (Lipinski definition) is 1. The molecule has 1 heterocycles. The highest BCUT2D eigenvalue weighted by Gasteiger charge is 2.55. The average Bonchev–Trinajstić information content (AvgIpc) is 2.96. The number of rotatable bonds is 2. The fourth-order valence-electron chi connectivity index (χ4n) is 4.63. The van der Waals surface area contributed by atoms with Crippen LogP contribution < -0.4 is 5.32 Å². The number of thioether (sulfide) groups is 2. The van der Waals surface area contributed by atoms with Gasteiger partial charge in [-0.15, -0.1) is 23.5 Å². The van der Waals surface area contributed by atoms with Gasteiger partial charge in [-0.2, -0.15) is 0 Å². The molecule has 1 N–H and O–H groups in total. The summed E-state index contributed by atoms with van der Waals surface area (Å²) in [6, 6.07) is 7.46. The molecular weight excluding hydrogens is 346 g/mol. The normalized spacial score (nSPS) is 32.0. The molecule has 124 valence electrons. The maximum atomic E-state index is 12.7. The van der Waals surface area contributed by atoms with Crippen molar-refractivity contribution < 1.29 is 4.79 Å². The summed E-state index contributed by atoms with van der Waals surface area (Å²) in [5.74, 6) is 4.35. The Kier molecular flexibility index (Phi) is 4.59. The smallest absolute Gasteiger partial charge is 0.227 e. The third-order valence-electron chi connectivity index (χ3n) is 5.58. The van der Waals surface area contributed by atoms with Crippen molar-refractivity contribution in [3.05, 3.63) is 29.3 Å². The highest BCUT2D eigenvalue weighted by atomic mass is 35.5. The first-order chi connectivity index (χ1) is 11.2. The monoisotopic (exact) mass is 367 g/mol. The average molecular weight is 368 g/mol. The van der Waals surface area contributed by atoms with Gasteiger partial charge in [0.2, 0.25) is 5.91 Å². The summed E-state index contributed by atoms with van der Waals surface area (Å²) in [7, 11) is 0. The molecule has 1 aliphatic heterocycles. The maximum Gasteiger partial charge on any atom is 0.227 e. The molecule has 2 atom stereocenters. The number of amides is 1. The van der Waals surface area contributed by atoms with Crippen molar-refractivity contribution >= 4 is 46.7 Å². The Hall–Kier alpha value is -0.320. The van der Waals surface area contributed by atoms with Gasteiger partial charge in [-0.05, 0) is 55.7 Å². The van der Waals surface area contributed by atoms with Gasteiger partial charge >= 0.3 is 0 Å². The lowest BCUT2D eigenvalue weighted by Gasteiger charge is -2.52. The van der Waals surface area contributed by atoms with Gasteiger partial charge in [0.05, 0.1) is 4.08 Å². The summed E-state index contributed by atoms with van der Waals surface area (Å²) in [4.78, 5) is 12.7. The minimum absolute atomic E-state index is 0.164. The second-order valence-corrected chi connectivity index (χ2v) is 10.4. The first-order valence-corrected chi connectivity index (χ1v) is 10.9. The van der Waals surface area contributed by atoms with E-state index in [-0.39, 0.29) is 11.8 Å². The van der Waals surface area contributed by atoms with Gasteiger partial charge in [-0.1, -0.05) is 24.1 Å². The van der Waals surface area contributed by atoms with E-state index in [1.54, 1.807) is 0 Å². The number of carbonyl (C=O) groups is 1. The van der Waals surface area contributed by atoms with Gasteiger partial charge in [0.15, 0.2) is 0 Å². The Bertz CT molecular complexity index is 586. The molecule has 2 bridgehead atoms. The van der Waals surface area contributed by atoms with Crippen LogP contribution in [-0.2, 0) is 4.79 Å². The van der Waals surface area contributed by atoms with Crippen LogP contribution in [0.2, 0.25) is 5.02 Å². The quantitative estimate of drug-likeness (QED) is 0.770. The molecule has 23 heavy (non-hydrogen) atoms. The van der Waals surface area contributed by atoms with Crippen LogP contribution in [0.3, 0.4) is 0 Å². The number of anilines is 1. The molecule has 4 rings (SSSR count). The van der Waals surface area contributed by atoms with Gasteiger partial charge in [0, 0.05) is 28.1 Å². The van der Waals surface area contributed by atoms with Crippen LogP contribution >= 0.6 is 35.1 Å². The zero-order valence-corrected chi connectivity index (χ0v) is 15.5. The topological polar surface area (TPSA) is 29.1 Å². The molecule has 2 nitrogen and oxygen atoms in total. The van der Waals surface area contributed by atoms with Crippen molar-refractivity contribution in [3.8, 4) is 0 Å². The largest absolute Gasteiger partial charge is 0.326 e. The molecule has 1 aromatic carbocycles. The Morgan fingerprint density at radius 3 is 2.52 bits per heavy atom. The van der Waals surface area contributed by atoms with E-state index in [2.05, 4.69) is 28.8 Å².